The lowest BCUT2D eigenvalue weighted by molar-refractivity contribution is -0.150. The Balaban J connectivity index is 1.39. The molecule has 0 saturated heterocycles. The second-order valence-electron chi connectivity index (χ2n) is 11.3. The summed E-state index contributed by atoms with van der Waals surface area (Å²) in [5.41, 5.74) is -1.49. The SMILES string of the molecule is O=C(COc1ccc(Cl)c(F)c1)NC12CCC(NC(=O)COc3ccc(Cl)c(F)c3)(CC1)[C@@H](COC(=O)CCCP(=O)(O)O)C2. The molecule has 2 aromatic carbocycles. The third-order valence-electron chi connectivity index (χ3n) is 8.11. The van der Waals surface area contributed by atoms with Crippen LogP contribution in [0.5, 0.6) is 11.5 Å². The Kier molecular flexibility index (Phi) is 11.4. The van der Waals surface area contributed by atoms with Crippen molar-refractivity contribution in [2.75, 3.05) is 26.0 Å². The summed E-state index contributed by atoms with van der Waals surface area (Å²) in [6.45, 7) is -0.911. The molecule has 0 aliphatic heterocycles. The van der Waals surface area contributed by atoms with Crippen molar-refractivity contribution in [3.8, 4) is 11.5 Å². The van der Waals surface area contributed by atoms with Crippen LogP contribution in [0.1, 0.15) is 44.9 Å². The number of rotatable bonds is 14. The fourth-order valence-corrected chi connectivity index (χ4v) is 6.65. The van der Waals surface area contributed by atoms with Gasteiger partial charge in [0.25, 0.3) is 11.8 Å². The van der Waals surface area contributed by atoms with E-state index in [-0.39, 0.29) is 47.6 Å². The molecule has 2 aromatic rings. The molecule has 16 heteroatoms. The van der Waals surface area contributed by atoms with Crippen molar-refractivity contribution in [1.82, 2.24) is 10.6 Å². The smallest absolute Gasteiger partial charge is 0.325 e. The number of amides is 2. The summed E-state index contributed by atoms with van der Waals surface area (Å²) < 4.78 is 55.0. The quantitative estimate of drug-likeness (QED) is 0.165. The van der Waals surface area contributed by atoms with Crippen LogP contribution in [0, 0.1) is 17.6 Å². The molecule has 11 nitrogen and oxygen atoms in total. The maximum atomic E-state index is 13.8. The van der Waals surface area contributed by atoms with Crippen LogP contribution in [0.4, 0.5) is 8.78 Å². The van der Waals surface area contributed by atoms with Crippen molar-refractivity contribution in [3.63, 3.8) is 0 Å². The van der Waals surface area contributed by atoms with Crippen LogP contribution < -0.4 is 20.1 Å². The summed E-state index contributed by atoms with van der Waals surface area (Å²) in [5, 5.41) is 5.87. The zero-order valence-electron chi connectivity index (χ0n) is 24.0. The minimum Gasteiger partial charge on any atom is -0.484 e. The third kappa shape index (κ3) is 9.76. The molecule has 4 N–H and O–H groups in total. The minimum absolute atomic E-state index is 0.0597. The molecule has 0 radical (unpaired) electrons. The molecule has 5 rings (SSSR count). The van der Waals surface area contributed by atoms with Gasteiger partial charge in [-0.2, -0.15) is 0 Å². The summed E-state index contributed by atoms with van der Waals surface area (Å²) in [7, 11) is -4.26. The van der Waals surface area contributed by atoms with Gasteiger partial charge in [0.05, 0.1) is 22.8 Å². The van der Waals surface area contributed by atoms with E-state index in [0.717, 1.165) is 12.1 Å². The van der Waals surface area contributed by atoms with Gasteiger partial charge in [0.1, 0.15) is 23.1 Å². The second-order valence-corrected chi connectivity index (χ2v) is 13.9. The Morgan fingerprint density at radius 1 is 0.889 bits per heavy atom. The molecule has 0 unspecified atom stereocenters. The fraction of sp³-hybridized carbons (Fsp3) is 0.483. The van der Waals surface area contributed by atoms with Gasteiger partial charge in [0, 0.05) is 35.5 Å². The molecule has 3 fully saturated rings. The predicted molar refractivity (Wildman–Crippen MR) is 159 cm³/mol. The highest BCUT2D eigenvalue weighted by atomic mass is 35.5. The zero-order valence-corrected chi connectivity index (χ0v) is 26.4. The van der Waals surface area contributed by atoms with Crippen LogP contribution >= 0.6 is 30.8 Å². The first kappa shape index (κ1) is 34.9. The minimum atomic E-state index is -4.26. The normalized spacial score (nSPS) is 22.4. The Morgan fingerprint density at radius 3 is 1.93 bits per heavy atom. The van der Waals surface area contributed by atoms with Crippen molar-refractivity contribution in [1.29, 1.82) is 0 Å². The van der Waals surface area contributed by atoms with Gasteiger partial charge in [-0.15, -0.1) is 0 Å². The highest BCUT2D eigenvalue weighted by Crippen LogP contribution is 2.50. The number of nitrogens with one attached hydrogen (secondary N) is 2. The van der Waals surface area contributed by atoms with Gasteiger partial charge in [0.15, 0.2) is 13.2 Å². The van der Waals surface area contributed by atoms with Crippen LogP contribution in [-0.4, -0.2) is 64.6 Å². The first-order chi connectivity index (χ1) is 21.2. The highest BCUT2D eigenvalue weighted by molar-refractivity contribution is 7.51. The average molecular weight is 693 g/mol. The fourth-order valence-electron chi connectivity index (χ4n) is 5.85. The average Bonchev–Trinajstić information content (AvgIpc) is 2.97. The van der Waals surface area contributed by atoms with Crippen LogP contribution in [0.25, 0.3) is 0 Å². The van der Waals surface area contributed by atoms with Crippen molar-refractivity contribution in [2.45, 2.75) is 56.0 Å². The Bertz CT molecular complexity index is 1470. The highest BCUT2D eigenvalue weighted by Gasteiger charge is 2.56. The molecule has 45 heavy (non-hydrogen) atoms. The molecular formula is C29H33Cl2F2N2O9P. The number of ether oxygens (including phenoxy) is 3. The van der Waals surface area contributed by atoms with Gasteiger partial charge in [0.2, 0.25) is 0 Å². The van der Waals surface area contributed by atoms with Gasteiger partial charge in [-0.25, -0.2) is 8.78 Å². The summed E-state index contributed by atoms with van der Waals surface area (Å²) in [4.78, 5) is 56.4. The van der Waals surface area contributed by atoms with E-state index in [0.29, 0.717) is 32.1 Å². The van der Waals surface area contributed by atoms with Crippen molar-refractivity contribution >= 4 is 48.6 Å². The van der Waals surface area contributed by atoms with Crippen LogP contribution in [0.15, 0.2) is 36.4 Å². The molecule has 1 atom stereocenters. The van der Waals surface area contributed by atoms with Gasteiger partial charge < -0.3 is 34.6 Å². The largest absolute Gasteiger partial charge is 0.484 e. The van der Waals surface area contributed by atoms with Crippen LogP contribution in [0.2, 0.25) is 10.0 Å². The number of carbonyl (C=O) groups is 3. The summed E-state index contributed by atoms with van der Waals surface area (Å²) in [6.07, 6.45) is 1.46. The number of hydrogen-bond donors (Lipinski definition) is 4. The summed E-state index contributed by atoms with van der Waals surface area (Å²) >= 11 is 11.4. The third-order valence-corrected chi connectivity index (χ3v) is 9.62. The molecule has 3 aliphatic rings. The lowest BCUT2D eigenvalue weighted by Gasteiger charge is -2.57. The maximum Gasteiger partial charge on any atom is 0.325 e. The van der Waals surface area contributed by atoms with E-state index >= 15 is 0 Å². The molecule has 2 amide bonds. The summed E-state index contributed by atoms with van der Waals surface area (Å²) in [5.74, 6) is -3.15. The molecule has 3 saturated carbocycles. The Hall–Kier alpha value is -2.96. The monoisotopic (exact) mass is 692 g/mol. The first-order valence-electron chi connectivity index (χ1n) is 14.2. The first-order valence-corrected chi connectivity index (χ1v) is 16.7. The summed E-state index contributed by atoms with van der Waals surface area (Å²) in [6, 6.07) is 7.62. The number of halogens is 4. The van der Waals surface area contributed by atoms with Gasteiger partial charge in [-0.3, -0.25) is 18.9 Å². The van der Waals surface area contributed by atoms with E-state index in [1.54, 1.807) is 0 Å². The van der Waals surface area contributed by atoms with Crippen molar-refractivity contribution < 1.29 is 51.7 Å². The number of benzene rings is 2. The molecule has 3 aliphatic carbocycles. The van der Waals surface area contributed by atoms with Gasteiger partial charge in [-0.1, -0.05) is 23.2 Å². The van der Waals surface area contributed by atoms with E-state index in [1.165, 1.54) is 24.3 Å². The van der Waals surface area contributed by atoms with Gasteiger partial charge >= 0.3 is 13.6 Å². The maximum absolute atomic E-state index is 13.8. The van der Waals surface area contributed by atoms with E-state index in [9.17, 15) is 27.7 Å². The number of fused-ring (bicyclic) bond motifs is 3. The van der Waals surface area contributed by atoms with Crippen LogP contribution in [-0.2, 0) is 23.7 Å². The number of carbonyl (C=O) groups excluding carboxylic acids is 3. The predicted octanol–water partition coefficient (Wildman–Crippen LogP) is 4.53. The molecule has 0 heterocycles. The lowest BCUT2D eigenvalue weighted by Crippen LogP contribution is -2.69. The van der Waals surface area contributed by atoms with Gasteiger partial charge in [-0.05, 0) is 62.8 Å². The van der Waals surface area contributed by atoms with E-state index < -0.39 is 66.8 Å². The zero-order chi connectivity index (χ0) is 32.8. The Labute approximate surface area is 268 Å². The van der Waals surface area contributed by atoms with Crippen molar-refractivity contribution in [3.05, 3.63) is 58.1 Å². The standard InChI is InChI=1S/C29H33Cl2F2N2O9P/c30-21-5-3-19(12-23(21)32)42-16-25(36)34-28-7-9-29(10-8-28,18(14-28)15-44-27(38)2-1-11-45(39,40)41)35-26(37)17-43-20-4-6-22(31)24(33)13-20/h3-6,12-13,18H,1-2,7-11,14-17H2,(H,34,36)(H,35,37)(H2,39,40,41)/t18-,28?,29?/m1/s1. The topological polar surface area (TPSA) is 160 Å². The van der Waals surface area contributed by atoms with Crippen LogP contribution in [0.3, 0.4) is 0 Å². The van der Waals surface area contributed by atoms with E-state index in [1.807, 2.05) is 0 Å². The molecular weight excluding hydrogens is 660 g/mol. The number of esters is 1. The Morgan fingerprint density at radius 2 is 1.42 bits per heavy atom. The second kappa shape index (κ2) is 14.6. The van der Waals surface area contributed by atoms with E-state index in [2.05, 4.69) is 10.6 Å². The van der Waals surface area contributed by atoms with E-state index in [4.69, 9.17) is 47.2 Å². The lowest BCUT2D eigenvalue weighted by atomic mass is 9.56. The number of hydrogen-bond acceptors (Lipinski definition) is 7. The molecule has 2 bridgehead atoms. The molecule has 246 valence electrons. The molecule has 0 aromatic heterocycles. The molecule has 0 spiro atoms. The van der Waals surface area contributed by atoms with Crippen molar-refractivity contribution in [2.24, 2.45) is 5.92 Å².